The highest BCUT2D eigenvalue weighted by Crippen LogP contribution is 2.26. The Hall–Kier alpha value is -2.16. The Balaban J connectivity index is 2.33. The summed E-state index contributed by atoms with van der Waals surface area (Å²) in [6.07, 6.45) is 0.729. The molecule has 0 heterocycles. The fraction of sp³-hybridized carbons (Fsp3) is 0.133. The summed E-state index contributed by atoms with van der Waals surface area (Å²) in [5.74, 6) is 0.483. The highest BCUT2D eigenvalue weighted by molar-refractivity contribution is 5.79. The van der Waals surface area contributed by atoms with Gasteiger partial charge in [-0.3, -0.25) is 4.79 Å². The maximum Gasteiger partial charge on any atom is 0.153 e. The first-order chi connectivity index (χ1) is 8.60. The molecule has 0 amide bonds. The molecule has 0 saturated carbocycles. The molecule has 2 rings (SSSR count). The van der Waals surface area contributed by atoms with Gasteiger partial charge in [0.2, 0.25) is 0 Å². The van der Waals surface area contributed by atoms with Gasteiger partial charge in [-0.15, -0.1) is 0 Å². The molecule has 2 nitrogen and oxygen atoms in total. The van der Waals surface area contributed by atoms with Crippen LogP contribution < -0.4 is 4.74 Å². The van der Waals surface area contributed by atoms with Gasteiger partial charge in [0.25, 0.3) is 0 Å². The Labute approximate surface area is 105 Å². The number of carbonyl (C=O) groups excluding carboxylic acids is 1. The van der Waals surface area contributed by atoms with E-state index in [1.165, 1.54) is 6.07 Å². The summed E-state index contributed by atoms with van der Waals surface area (Å²) in [5.41, 5.74) is 1.98. The first-order valence-electron chi connectivity index (χ1n) is 5.60. The number of halogens is 1. The van der Waals surface area contributed by atoms with Gasteiger partial charge in [-0.05, 0) is 37.6 Å². The molecule has 0 aliphatic heterocycles. The summed E-state index contributed by atoms with van der Waals surface area (Å²) < 4.78 is 18.9. The minimum absolute atomic E-state index is 0.327. The third kappa shape index (κ3) is 2.56. The van der Waals surface area contributed by atoms with Crippen LogP contribution in [-0.4, -0.2) is 6.29 Å². The van der Waals surface area contributed by atoms with Gasteiger partial charge in [-0.2, -0.15) is 0 Å². The van der Waals surface area contributed by atoms with Crippen molar-refractivity contribution in [1.29, 1.82) is 0 Å². The average molecular weight is 244 g/mol. The molecule has 18 heavy (non-hydrogen) atoms. The van der Waals surface area contributed by atoms with E-state index in [0.29, 0.717) is 22.6 Å². The molecule has 0 radical (unpaired) electrons. The van der Waals surface area contributed by atoms with Gasteiger partial charge in [-0.1, -0.05) is 17.7 Å². The number of aldehydes is 1. The molecule has 2 aromatic rings. The number of benzene rings is 2. The summed E-state index contributed by atoms with van der Waals surface area (Å²) in [4.78, 5) is 10.9. The van der Waals surface area contributed by atoms with Crippen LogP contribution in [0.25, 0.3) is 0 Å². The van der Waals surface area contributed by atoms with Gasteiger partial charge in [0.15, 0.2) is 6.29 Å². The van der Waals surface area contributed by atoms with Crippen LogP contribution in [0.5, 0.6) is 11.5 Å². The van der Waals surface area contributed by atoms with Crippen molar-refractivity contribution >= 4 is 6.29 Å². The second-order valence-corrected chi connectivity index (χ2v) is 4.17. The summed E-state index contributed by atoms with van der Waals surface area (Å²) in [7, 11) is 0. The van der Waals surface area contributed by atoms with Gasteiger partial charge in [0.05, 0.1) is 5.56 Å². The number of hydrogen-bond donors (Lipinski definition) is 0. The van der Waals surface area contributed by atoms with Gasteiger partial charge in [0, 0.05) is 6.07 Å². The number of aryl methyl sites for hydroxylation is 2. The van der Waals surface area contributed by atoms with Crippen molar-refractivity contribution in [2.24, 2.45) is 0 Å². The molecule has 0 unspecified atom stereocenters. The van der Waals surface area contributed by atoms with Crippen molar-refractivity contribution in [2.45, 2.75) is 13.8 Å². The van der Waals surface area contributed by atoms with Crippen molar-refractivity contribution in [1.82, 2.24) is 0 Å². The van der Waals surface area contributed by atoms with Gasteiger partial charge < -0.3 is 4.74 Å². The zero-order valence-electron chi connectivity index (χ0n) is 10.2. The Morgan fingerprint density at radius 3 is 2.56 bits per heavy atom. The van der Waals surface area contributed by atoms with E-state index in [0.717, 1.165) is 11.8 Å². The van der Waals surface area contributed by atoms with Crippen molar-refractivity contribution in [3.63, 3.8) is 0 Å². The Morgan fingerprint density at radius 2 is 1.89 bits per heavy atom. The van der Waals surface area contributed by atoms with Crippen molar-refractivity contribution < 1.29 is 13.9 Å². The molecule has 0 spiro atoms. The quantitative estimate of drug-likeness (QED) is 0.761. The normalized spacial score (nSPS) is 10.2. The van der Waals surface area contributed by atoms with E-state index in [-0.39, 0.29) is 5.82 Å². The van der Waals surface area contributed by atoms with E-state index in [1.807, 2.05) is 13.0 Å². The van der Waals surface area contributed by atoms with E-state index in [2.05, 4.69) is 0 Å². The number of ether oxygens (including phenoxy) is 1. The van der Waals surface area contributed by atoms with E-state index < -0.39 is 0 Å². The number of carbonyl (C=O) groups is 1. The topological polar surface area (TPSA) is 26.3 Å². The van der Waals surface area contributed by atoms with Crippen LogP contribution in [0.15, 0.2) is 36.4 Å². The molecule has 0 aromatic heterocycles. The van der Waals surface area contributed by atoms with Crippen LogP contribution in [0.1, 0.15) is 21.5 Å². The van der Waals surface area contributed by atoms with Crippen molar-refractivity contribution in [3.05, 3.63) is 58.9 Å². The van der Waals surface area contributed by atoms with Crippen LogP contribution in [0, 0.1) is 19.7 Å². The van der Waals surface area contributed by atoms with Crippen LogP contribution >= 0.6 is 0 Å². The molecule has 3 heteroatoms. The van der Waals surface area contributed by atoms with Crippen molar-refractivity contribution in [3.8, 4) is 11.5 Å². The van der Waals surface area contributed by atoms with Gasteiger partial charge in [-0.25, -0.2) is 4.39 Å². The molecule has 0 saturated heterocycles. The molecule has 0 fully saturated rings. The molecule has 0 N–H and O–H groups in total. The molecule has 0 aliphatic rings. The molecule has 0 bridgehead atoms. The fourth-order valence-corrected chi connectivity index (χ4v) is 1.62. The number of rotatable bonds is 3. The third-order valence-corrected chi connectivity index (χ3v) is 2.66. The van der Waals surface area contributed by atoms with E-state index >= 15 is 0 Å². The lowest BCUT2D eigenvalue weighted by Crippen LogP contribution is -1.92. The standard InChI is InChI=1S/C15H13FO2/c1-10-3-6-15(12(7-10)9-17)18-13-5-4-11(2)14(16)8-13/h3-9H,1-2H3. The zero-order chi connectivity index (χ0) is 13.1. The van der Waals surface area contributed by atoms with Crippen molar-refractivity contribution in [2.75, 3.05) is 0 Å². The predicted molar refractivity (Wildman–Crippen MR) is 67.8 cm³/mol. The van der Waals surface area contributed by atoms with Gasteiger partial charge >= 0.3 is 0 Å². The minimum atomic E-state index is -0.327. The summed E-state index contributed by atoms with van der Waals surface area (Å²) >= 11 is 0. The van der Waals surface area contributed by atoms with Crippen LogP contribution in [0.4, 0.5) is 4.39 Å². The predicted octanol–water partition coefficient (Wildman–Crippen LogP) is 4.05. The van der Waals surface area contributed by atoms with Crippen LogP contribution in [-0.2, 0) is 0 Å². The maximum atomic E-state index is 13.4. The molecular weight excluding hydrogens is 231 g/mol. The average Bonchev–Trinajstić information content (AvgIpc) is 2.36. The summed E-state index contributed by atoms with van der Waals surface area (Å²) in [5, 5.41) is 0. The molecule has 92 valence electrons. The van der Waals surface area contributed by atoms with E-state index in [1.54, 1.807) is 31.2 Å². The largest absolute Gasteiger partial charge is 0.457 e. The smallest absolute Gasteiger partial charge is 0.153 e. The zero-order valence-corrected chi connectivity index (χ0v) is 10.2. The fourth-order valence-electron chi connectivity index (χ4n) is 1.62. The van der Waals surface area contributed by atoms with Crippen LogP contribution in [0.3, 0.4) is 0 Å². The SMILES string of the molecule is Cc1ccc(Oc2ccc(C)c(F)c2)c(C=O)c1. The second kappa shape index (κ2) is 5.00. The highest BCUT2D eigenvalue weighted by Gasteiger charge is 2.06. The first kappa shape index (κ1) is 12.3. The maximum absolute atomic E-state index is 13.4. The van der Waals surface area contributed by atoms with E-state index in [4.69, 9.17) is 4.74 Å². The summed E-state index contributed by atoms with van der Waals surface area (Å²) in [6, 6.07) is 9.90. The Morgan fingerprint density at radius 1 is 1.11 bits per heavy atom. The molecule has 2 aromatic carbocycles. The third-order valence-electron chi connectivity index (χ3n) is 2.66. The monoisotopic (exact) mass is 244 g/mol. The Kier molecular flexibility index (Phi) is 3.42. The summed E-state index contributed by atoms with van der Waals surface area (Å²) in [6.45, 7) is 3.57. The Bertz CT molecular complexity index is 591. The lowest BCUT2D eigenvalue weighted by Gasteiger charge is -2.09. The first-order valence-corrected chi connectivity index (χ1v) is 5.60. The molecule has 0 aliphatic carbocycles. The van der Waals surface area contributed by atoms with E-state index in [9.17, 15) is 9.18 Å². The lowest BCUT2D eigenvalue weighted by molar-refractivity contribution is 0.112. The second-order valence-electron chi connectivity index (χ2n) is 4.17. The van der Waals surface area contributed by atoms with Crippen LogP contribution in [0.2, 0.25) is 0 Å². The minimum Gasteiger partial charge on any atom is -0.457 e. The molecule has 0 atom stereocenters. The molecular formula is C15H13FO2. The highest BCUT2D eigenvalue weighted by atomic mass is 19.1. The van der Waals surface area contributed by atoms with Gasteiger partial charge in [0.1, 0.15) is 17.3 Å². The number of hydrogen-bond acceptors (Lipinski definition) is 2. The lowest BCUT2D eigenvalue weighted by atomic mass is 10.1.